The molecule has 0 saturated heterocycles. The number of aromatic nitrogens is 2. The predicted molar refractivity (Wildman–Crippen MR) is 113 cm³/mol. The van der Waals surface area contributed by atoms with Crippen molar-refractivity contribution in [2.24, 2.45) is 0 Å². The molecule has 2 aromatic heterocycles. The van der Waals surface area contributed by atoms with Gasteiger partial charge in [0, 0.05) is 31.4 Å². The van der Waals surface area contributed by atoms with Crippen LogP contribution >= 0.6 is 0 Å². The van der Waals surface area contributed by atoms with Crippen LogP contribution < -0.4 is 10.1 Å². The quantitative estimate of drug-likeness (QED) is 0.606. The first kappa shape index (κ1) is 24.8. The lowest BCUT2D eigenvalue weighted by Crippen LogP contribution is -2.30. The topological polar surface area (TPSA) is 84.4 Å². The van der Waals surface area contributed by atoms with E-state index >= 15 is 0 Å². The SMILES string of the molecule is C=C(C)C(F)(F)COc1ncc(C(C)N(C)C(=O)c2cc(C)nc(NC(C)=O)c2)cc1F. The molecule has 0 spiro atoms. The van der Waals surface area contributed by atoms with Crippen LogP contribution in [0.4, 0.5) is 19.0 Å². The van der Waals surface area contributed by atoms with Crippen molar-refractivity contribution in [3.63, 3.8) is 0 Å². The molecule has 0 aromatic carbocycles. The van der Waals surface area contributed by atoms with Crippen LogP contribution in [-0.4, -0.2) is 46.3 Å². The molecule has 2 heterocycles. The summed E-state index contributed by atoms with van der Waals surface area (Å²) in [6, 6.07) is 3.48. The minimum atomic E-state index is -3.31. The summed E-state index contributed by atoms with van der Waals surface area (Å²) in [5, 5.41) is 2.53. The third-order valence-electron chi connectivity index (χ3n) is 4.73. The lowest BCUT2D eigenvalue weighted by atomic mass is 10.1. The van der Waals surface area contributed by atoms with Crippen LogP contribution in [-0.2, 0) is 4.79 Å². The fourth-order valence-electron chi connectivity index (χ4n) is 2.70. The third kappa shape index (κ3) is 6.05. The van der Waals surface area contributed by atoms with E-state index in [1.54, 1.807) is 19.9 Å². The number of nitrogens with one attached hydrogen (secondary N) is 1. The number of carbonyl (C=O) groups is 2. The molecule has 2 rings (SSSR count). The van der Waals surface area contributed by atoms with E-state index in [0.717, 1.165) is 13.0 Å². The Labute approximate surface area is 184 Å². The first-order valence-electron chi connectivity index (χ1n) is 9.67. The molecule has 172 valence electrons. The van der Waals surface area contributed by atoms with Gasteiger partial charge in [0.25, 0.3) is 11.8 Å². The van der Waals surface area contributed by atoms with Gasteiger partial charge in [-0.1, -0.05) is 6.58 Å². The van der Waals surface area contributed by atoms with Crippen LogP contribution in [0.25, 0.3) is 0 Å². The maximum Gasteiger partial charge on any atom is 0.302 e. The Hall–Kier alpha value is -3.43. The number of halogens is 3. The molecule has 0 aliphatic rings. The molecule has 0 saturated carbocycles. The van der Waals surface area contributed by atoms with Crippen molar-refractivity contribution in [3.8, 4) is 5.88 Å². The number of ether oxygens (including phenoxy) is 1. The summed E-state index contributed by atoms with van der Waals surface area (Å²) in [7, 11) is 1.52. The zero-order chi connectivity index (χ0) is 24.2. The number of alkyl halides is 2. The van der Waals surface area contributed by atoms with Crippen LogP contribution in [0.15, 0.2) is 36.5 Å². The Morgan fingerprint density at radius 1 is 1.28 bits per heavy atom. The lowest BCUT2D eigenvalue weighted by molar-refractivity contribution is -0.114. The number of hydrogen-bond acceptors (Lipinski definition) is 5. The molecule has 1 atom stereocenters. The minimum Gasteiger partial charge on any atom is -0.469 e. The van der Waals surface area contributed by atoms with Crippen molar-refractivity contribution in [3.05, 3.63) is 59.2 Å². The molecule has 0 aliphatic carbocycles. The van der Waals surface area contributed by atoms with Crippen molar-refractivity contribution in [2.45, 2.75) is 39.7 Å². The second-order valence-electron chi connectivity index (χ2n) is 7.48. The van der Waals surface area contributed by atoms with Gasteiger partial charge in [0.15, 0.2) is 12.4 Å². The lowest BCUT2D eigenvalue weighted by Gasteiger charge is -2.26. The standard InChI is InChI=1S/C22H25F3N4O3/c1-12(2)22(24,25)11-32-20-18(23)8-17(10-26-20)14(4)29(6)21(31)16-7-13(3)27-19(9-16)28-15(5)30/h7-10,14H,1,11H2,2-6H3,(H,27,28,30). The summed E-state index contributed by atoms with van der Waals surface area (Å²) in [5.41, 5.74) is 0.744. The van der Waals surface area contributed by atoms with Gasteiger partial charge in [-0.3, -0.25) is 9.59 Å². The highest BCUT2D eigenvalue weighted by atomic mass is 19.3. The molecule has 1 unspecified atom stereocenters. The molecular formula is C22H25F3N4O3. The largest absolute Gasteiger partial charge is 0.469 e. The van der Waals surface area contributed by atoms with E-state index in [2.05, 4.69) is 21.9 Å². The second kappa shape index (κ2) is 9.80. The molecule has 0 bridgehead atoms. The number of anilines is 1. The van der Waals surface area contributed by atoms with Crippen molar-refractivity contribution in [1.29, 1.82) is 0 Å². The molecular weight excluding hydrogens is 425 g/mol. The van der Waals surface area contributed by atoms with Crippen LogP contribution in [0, 0.1) is 12.7 Å². The number of carbonyl (C=O) groups excluding carboxylic acids is 2. The van der Waals surface area contributed by atoms with E-state index in [-0.39, 0.29) is 17.3 Å². The van der Waals surface area contributed by atoms with Gasteiger partial charge in [0.1, 0.15) is 5.82 Å². The van der Waals surface area contributed by atoms with Crippen molar-refractivity contribution >= 4 is 17.6 Å². The summed E-state index contributed by atoms with van der Waals surface area (Å²) in [6.07, 6.45) is 1.26. The monoisotopic (exact) mass is 450 g/mol. The van der Waals surface area contributed by atoms with E-state index < -0.39 is 41.7 Å². The summed E-state index contributed by atoms with van der Waals surface area (Å²) >= 11 is 0. The normalized spacial score (nSPS) is 12.1. The van der Waals surface area contributed by atoms with Gasteiger partial charge in [-0.15, -0.1) is 0 Å². The molecule has 0 radical (unpaired) electrons. The number of pyridine rings is 2. The first-order chi connectivity index (χ1) is 14.8. The van der Waals surface area contributed by atoms with E-state index in [9.17, 15) is 22.8 Å². The highest BCUT2D eigenvalue weighted by Crippen LogP contribution is 2.27. The Morgan fingerprint density at radius 2 is 1.94 bits per heavy atom. The summed E-state index contributed by atoms with van der Waals surface area (Å²) < 4.78 is 46.4. The van der Waals surface area contributed by atoms with Crippen molar-refractivity contribution < 1.29 is 27.5 Å². The number of hydrogen-bond donors (Lipinski definition) is 1. The Morgan fingerprint density at radius 3 is 2.50 bits per heavy atom. The van der Waals surface area contributed by atoms with Gasteiger partial charge in [-0.2, -0.15) is 8.78 Å². The predicted octanol–water partition coefficient (Wildman–Crippen LogP) is 4.31. The molecule has 7 nitrogen and oxygen atoms in total. The highest BCUT2D eigenvalue weighted by molar-refractivity contribution is 5.96. The highest BCUT2D eigenvalue weighted by Gasteiger charge is 2.32. The van der Waals surface area contributed by atoms with Gasteiger partial charge in [0.05, 0.1) is 6.04 Å². The number of aryl methyl sites for hydroxylation is 1. The van der Waals surface area contributed by atoms with Gasteiger partial charge >= 0.3 is 5.92 Å². The van der Waals surface area contributed by atoms with E-state index in [0.29, 0.717) is 11.3 Å². The number of amides is 2. The van der Waals surface area contributed by atoms with Gasteiger partial charge in [-0.25, -0.2) is 14.4 Å². The molecule has 1 N–H and O–H groups in total. The van der Waals surface area contributed by atoms with Gasteiger partial charge in [0.2, 0.25) is 5.91 Å². The molecule has 2 aromatic rings. The number of rotatable bonds is 8. The van der Waals surface area contributed by atoms with Crippen molar-refractivity contribution in [1.82, 2.24) is 14.9 Å². The summed E-state index contributed by atoms with van der Waals surface area (Å²) in [4.78, 5) is 33.5. The maximum absolute atomic E-state index is 14.4. The van der Waals surface area contributed by atoms with E-state index in [4.69, 9.17) is 4.74 Å². The zero-order valence-corrected chi connectivity index (χ0v) is 18.5. The van der Waals surface area contributed by atoms with Gasteiger partial charge < -0.3 is 15.0 Å². The second-order valence-corrected chi connectivity index (χ2v) is 7.48. The zero-order valence-electron chi connectivity index (χ0n) is 18.5. The van der Waals surface area contributed by atoms with Crippen LogP contribution in [0.5, 0.6) is 5.88 Å². The van der Waals surface area contributed by atoms with E-state index in [1.807, 2.05) is 0 Å². The molecule has 10 heteroatoms. The van der Waals surface area contributed by atoms with Crippen LogP contribution in [0.3, 0.4) is 0 Å². The molecule has 32 heavy (non-hydrogen) atoms. The fraction of sp³-hybridized carbons (Fsp3) is 0.364. The first-order valence-corrected chi connectivity index (χ1v) is 9.67. The Kier molecular flexibility index (Phi) is 7.60. The smallest absolute Gasteiger partial charge is 0.302 e. The Bertz CT molecular complexity index is 1040. The van der Waals surface area contributed by atoms with Gasteiger partial charge in [-0.05, 0) is 50.1 Å². The molecule has 2 amide bonds. The number of nitrogens with zero attached hydrogens (tertiary/aromatic N) is 3. The van der Waals surface area contributed by atoms with Crippen molar-refractivity contribution in [2.75, 3.05) is 19.0 Å². The maximum atomic E-state index is 14.4. The van der Waals surface area contributed by atoms with Crippen LogP contribution in [0.2, 0.25) is 0 Å². The fourth-order valence-corrected chi connectivity index (χ4v) is 2.70. The summed E-state index contributed by atoms with van der Waals surface area (Å²) in [6.45, 7) is 7.91. The Balaban J connectivity index is 2.18. The summed E-state index contributed by atoms with van der Waals surface area (Å²) in [5.74, 6) is -5.29. The average Bonchev–Trinajstić information content (AvgIpc) is 2.70. The average molecular weight is 450 g/mol. The van der Waals surface area contributed by atoms with Crippen LogP contribution in [0.1, 0.15) is 48.4 Å². The minimum absolute atomic E-state index is 0.239. The molecule has 0 fully saturated rings. The third-order valence-corrected chi connectivity index (χ3v) is 4.73. The van der Waals surface area contributed by atoms with E-state index in [1.165, 1.54) is 31.1 Å². The molecule has 0 aliphatic heterocycles.